The van der Waals surface area contributed by atoms with E-state index in [1.54, 1.807) is 0 Å². The van der Waals surface area contributed by atoms with Gasteiger partial charge in [-0.25, -0.2) is 4.79 Å². The van der Waals surface area contributed by atoms with Crippen LogP contribution in [0.1, 0.15) is 10.4 Å². The molecule has 0 aliphatic carbocycles. The van der Waals surface area contributed by atoms with Crippen molar-refractivity contribution in [1.82, 2.24) is 9.78 Å². The van der Waals surface area contributed by atoms with E-state index in [4.69, 9.17) is 9.84 Å². The van der Waals surface area contributed by atoms with Crippen LogP contribution < -0.4 is 4.74 Å². The molecule has 2 rings (SSSR count). The maximum atomic E-state index is 11.1. The second-order valence-electron chi connectivity index (χ2n) is 3.80. The normalized spacial score (nSPS) is 10.3. The van der Waals surface area contributed by atoms with Gasteiger partial charge in [-0.05, 0) is 18.2 Å². The number of carbonyl (C=O) groups is 1. The number of halogens is 1. The van der Waals surface area contributed by atoms with Crippen LogP contribution in [0, 0.1) is 10.1 Å². The molecule has 0 unspecified atom stereocenters. The Bertz CT molecular complexity index is 697. The molecule has 8 nitrogen and oxygen atoms in total. The molecule has 0 aliphatic heterocycles. The number of rotatable bonds is 4. The van der Waals surface area contributed by atoms with Crippen molar-refractivity contribution in [3.8, 4) is 11.6 Å². The highest BCUT2D eigenvalue weighted by atomic mass is 79.9. The number of hydrogen-bond acceptors (Lipinski definition) is 5. The lowest BCUT2D eigenvalue weighted by Crippen LogP contribution is -2.01. The number of aromatic carboxylic acids is 1. The second kappa shape index (κ2) is 5.29. The topological polar surface area (TPSA) is 107 Å². The average molecular weight is 342 g/mol. The van der Waals surface area contributed by atoms with Gasteiger partial charge in [-0.2, -0.15) is 0 Å². The number of nitro groups is 1. The van der Waals surface area contributed by atoms with Crippen molar-refractivity contribution in [3.05, 3.63) is 44.5 Å². The van der Waals surface area contributed by atoms with E-state index in [1.165, 1.54) is 36.1 Å². The van der Waals surface area contributed by atoms with E-state index in [-0.39, 0.29) is 22.9 Å². The van der Waals surface area contributed by atoms with Gasteiger partial charge in [0.15, 0.2) is 0 Å². The number of benzene rings is 1. The monoisotopic (exact) mass is 341 g/mol. The fourth-order valence-electron chi connectivity index (χ4n) is 1.51. The van der Waals surface area contributed by atoms with E-state index >= 15 is 0 Å². The zero-order valence-corrected chi connectivity index (χ0v) is 11.7. The first kappa shape index (κ1) is 14.0. The highest BCUT2D eigenvalue weighted by Crippen LogP contribution is 2.32. The van der Waals surface area contributed by atoms with Gasteiger partial charge in [-0.15, -0.1) is 5.10 Å². The minimum absolute atomic E-state index is 0.0336. The van der Waals surface area contributed by atoms with Gasteiger partial charge in [0, 0.05) is 11.5 Å². The van der Waals surface area contributed by atoms with Gasteiger partial charge in [-0.3, -0.25) is 14.8 Å². The van der Waals surface area contributed by atoms with Crippen LogP contribution in [0.2, 0.25) is 0 Å². The van der Waals surface area contributed by atoms with Crippen molar-refractivity contribution < 1.29 is 19.6 Å². The smallest absolute Gasteiger partial charge is 0.350 e. The predicted octanol–water partition coefficient (Wildman–Crippen LogP) is 2.58. The highest BCUT2D eigenvalue weighted by Gasteiger charge is 2.23. The molecule has 0 fully saturated rings. The molecule has 1 aromatic heterocycles. The zero-order chi connectivity index (χ0) is 14.9. The molecule has 0 radical (unpaired) electrons. The molecule has 0 bridgehead atoms. The number of hydrogen-bond donors (Lipinski definition) is 1. The van der Waals surface area contributed by atoms with Gasteiger partial charge < -0.3 is 9.84 Å². The third-order valence-electron chi connectivity index (χ3n) is 2.35. The average Bonchev–Trinajstić information content (AvgIpc) is 2.70. The number of nitrogens with zero attached hydrogens (tertiary/aromatic N) is 3. The van der Waals surface area contributed by atoms with Crippen LogP contribution in [0.25, 0.3) is 0 Å². The fourth-order valence-corrected chi connectivity index (χ4v) is 1.86. The van der Waals surface area contributed by atoms with Gasteiger partial charge in [0.2, 0.25) is 0 Å². The Kier molecular flexibility index (Phi) is 3.70. The Balaban J connectivity index is 2.47. The van der Waals surface area contributed by atoms with E-state index < -0.39 is 10.9 Å². The van der Waals surface area contributed by atoms with Crippen molar-refractivity contribution in [1.29, 1.82) is 0 Å². The van der Waals surface area contributed by atoms with Crippen LogP contribution in [0.15, 0.2) is 28.9 Å². The molecule has 0 spiro atoms. The minimum atomic E-state index is -1.20. The Morgan fingerprint density at radius 2 is 2.25 bits per heavy atom. The van der Waals surface area contributed by atoms with Gasteiger partial charge in [-0.1, -0.05) is 15.9 Å². The molecule has 0 amide bonds. The summed E-state index contributed by atoms with van der Waals surface area (Å²) in [6.07, 6.45) is 1.17. The molecule has 0 saturated carbocycles. The standard InChI is InChI=1S/C11H8BrN3O5/c1-14-5-8(15(18)19)10(13-14)20-9-4-6(12)2-3-7(9)11(16)17/h2-5H,1H3,(H,16,17). The molecule has 9 heteroatoms. The van der Waals surface area contributed by atoms with Gasteiger partial charge in [0.05, 0.1) is 4.92 Å². The van der Waals surface area contributed by atoms with Crippen LogP contribution in [0.5, 0.6) is 11.6 Å². The first-order valence-corrected chi connectivity index (χ1v) is 6.06. The Labute approximate surface area is 120 Å². The largest absolute Gasteiger partial charge is 0.478 e. The first-order valence-electron chi connectivity index (χ1n) is 5.27. The number of carboxylic acids is 1. The van der Waals surface area contributed by atoms with Crippen molar-refractivity contribution in [3.63, 3.8) is 0 Å². The molecule has 2 aromatic rings. The predicted molar refractivity (Wildman–Crippen MR) is 71.0 cm³/mol. The van der Waals surface area contributed by atoms with E-state index in [9.17, 15) is 14.9 Å². The Morgan fingerprint density at radius 3 is 2.85 bits per heavy atom. The van der Waals surface area contributed by atoms with Crippen molar-refractivity contribution in [2.24, 2.45) is 7.05 Å². The quantitative estimate of drug-likeness (QED) is 0.676. The molecule has 1 N–H and O–H groups in total. The molecule has 104 valence electrons. The van der Waals surface area contributed by atoms with Crippen LogP contribution >= 0.6 is 15.9 Å². The lowest BCUT2D eigenvalue weighted by molar-refractivity contribution is -0.385. The maximum absolute atomic E-state index is 11.1. The summed E-state index contributed by atoms with van der Waals surface area (Å²) in [6, 6.07) is 4.27. The summed E-state index contributed by atoms with van der Waals surface area (Å²) in [6.45, 7) is 0. The maximum Gasteiger partial charge on any atom is 0.350 e. The number of aromatic nitrogens is 2. The third kappa shape index (κ3) is 2.77. The van der Waals surface area contributed by atoms with Gasteiger partial charge >= 0.3 is 17.5 Å². The van der Waals surface area contributed by atoms with Gasteiger partial charge in [0.1, 0.15) is 17.5 Å². The molecule has 0 saturated heterocycles. The summed E-state index contributed by atoms with van der Waals surface area (Å²) in [5.74, 6) is -1.50. The summed E-state index contributed by atoms with van der Waals surface area (Å²) in [4.78, 5) is 21.3. The van der Waals surface area contributed by atoms with E-state index in [0.717, 1.165) is 0 Å². The Hall–Kier alpha value is -2.42. The lowest BCUT2D eigenvalue weighted by atomic mass is 10.2. The van der Waals surface area contributed by atoms with Gasteiger partial charge in [0.25, 0.3) is 0 Å². The van der Waals surface area contributed by atoms with E-state index in [0.29, 0.717) is 4.47 Å². The molecule has 0 atom stereocenters. The van der Waals surface area contributed by atoms with Crippen LogP contribution in [0.3, 0.4) is 0 Å². The summed E-state index contributed by atoms with van der Waals surface area (Å²) >= 11 is 3.18. The summed E-state index contributed by atoms with van der Waals surface area (Å²) in [7, 11) is 1.50. The Morgan fingerprint density at radius 1 is 1.55 bits per heavy atom. The number of aryl methyl sites for hydroxylation is 1. The third-order valence-corrected chi connectivity index (χ3v) is 2.85. The van der Waals surface area contributed by atoms with E-state index in [1.807, 2.05) is 0 Å². The summed E-state index contributed by atoms with van der Waals surface area (Å²) in [5.41, 5.74) is -0.461. The molecule has 1 heterocycles. The highest BCUT2D eigenvalue weighted by molar-refractivity contribution is 9.10. The molecule has 20 heavy (non-hydrogen) atoms. The molecular weight excluding hydrogens is 334 g/mol. The van der Waals surface area contributed by atoms with Crippen LogP contribution in [-0.4, -0.2) is 25.8 Å². The number of ether oxygens (including phenoxy) is 1. The zero-order valence-electron chi connectivity index (χ0n) is 10.1. The molecular formula is C11H8BrN3O5. The summed E-state index contributed by atoms with van der Waals surface area (Å²) in [5, 5.41) is 23.7. The second-order valence-corrected chi connectivity index (χ2v) is 4.71. The molecule has 1 aromatic carbocycles. The van der Waals surface area contributed by atoms with E-state index in [2.05, 4.69) is 21.0 Å². The lowest BCUT2D eigenvalue weighted by Gasteiger charge is -2.06. The minimum Gasteiger partial charge on any atom is -0.478 e. The number of carboxylic acid groups (broad SMARTS) is 1. The van der Waals surface area contributed by atoms with Crippen LogP contribution in [-0.2, 0) is 7.05 Å². The van der Waals surface area contributed by atoms with Crippen LogP contribution in [0.4, 0.5) is 5.69 Å². The molecule has 0 aliphatic rings. The van der Waals surface area contributed by atoms with Crippen molar-refractivity contribution in [2.75, 3.05) is 0 Å². The van der Waals surface area contributed by atoms with Crippen molar-refractivity contribution in [2.45, 2.75) is 0 Å². The first-order chi connectivity index (χ1) is 9.38. The van der Waals surface area contributed by atoms with Crippen molar-refractivity contribution >= 4 is 27.6 Å². The fraction of sp³-hybridized carbons (Fsp3) is 0.0909. The SMILES string of the molecule is Cn1cc([N+](=O)[O-])c(Oc2cc(Br)ccc2C(=O)O)n1. The summed E-state index contributed by atoms with van der Waals surface area (Å²) < 4.78 is 7.07.